The van der Waals surface area contributed by atoms with Crippen LogP contribution in [0.1, 0.15) is 0 Å². The first-order chi connectivity index (χ1) is 4.35. The van der Waals surface area contributed by atoms with Crippen molar-refractivity contribution < 1.29 is 14.9 Å². The van der Waals surface area contributed by atoms with Crippen LogP contribution in [-0.4, -0.2) is 36.1 Å². The van der Waals surface area contributed by atoms with Crippen LogP contribution in [0.5, 0.6) is 0 Å². The largest absolute Gasteiger partial charge is 0.394 e. The van der Waals surface area contributed by atoms with E-state index in [2.05, 4.69) is 5.92 Å². The van der Waals surface area contributed by atoms with Gasteiger partial charge in [0.15, 0.2) is 0 Å². The first kappa shape index (κ1) is 8.44. The van der Waals surface area contributed by atoms with Gasteiger partial charge in [0.2, 0.25) is 0 Å². The van der Waals surface area contributed by atoms with Gasteiger partial charge in [-0.25, -0.2) is 0 Å². The molecule has 0 rings (SSSR count). The Bertz CT molecular complexity index is 91.0. The third-order valence-corrected chi connectivity index (χ3v) is 0.810. The van der Waals surface area contributed by atoms with Gasteiger partial charge in [-0.3, -0.25) is 0 Å². The van der Waals surface area contributed by atoms with E-state index >= 15 is 0 Å². The molecule has 0 amide bonds. The lowest BCUT2D eigenvalue weighted by molar-refractivity contribution is -0.00501. The number of ether oxygens (including phenoxy) is 1. The molecule has 3 heteroatoms. The van der Waals surface area contributed by atoms with Crippen LogP contribution in [0.4, 0.5) is 0 Å². The zero-order valence-corrected chi connectivity index (χ0v) is 5.08. The van der Waals surface area contributed by atoms with Crippen molar-refractivity contribution in [2.75, 3.05) is 19.8 Å². The second-order valence-electron chi connectivity index (χ2n) is 1.50. The smallest absolute Gasteiger partial charge is 0.108 e. The summed E-state index contributed by atoms with van der Waals surface area (Å²) >= 11 is 0. The number of aliphatic hydroxyl groups excluding tert-OH is 2. The molecule has 3 nitrogen and oxygen atoms in total. The van der Waals surface area contributed by atoms with Crippen molar-refractivity contribution in [2.24, 2.45) is 0 Å². The number of terminal acetylenes is 1. The molecule has 0 aromatic heterocycles. The van der Waals surface area contributed by atoms with Crippen molar-refractivity contribution in [3.05, 3.63) is 0 Å². The molecular formula is C6H10O3. The van der Waals surface area contributed by atoms with Gasteiger partial charge < -0.3 is 14.9 Å². The van der Waals surface area contributed by atoms with Crippen molar-refractivity contribution in [1.82, 2.24) is 0 Å². The Morgan fingerprint density at radius 3 is 2.33 bits per heavy atom. The van der Waals surface area contributed by atoms with Gasteiger partial charge in [0, 0.05) is 0 Å². The van der Waals surface area contributed by atoms with Gasteiger partial charge in [0.25, 0.3) is 0 Å². The van der Waals surface area contributed by atoms with Crippen LogP contribution < -0.4 is 0 Å². The Hall–Kier alpha value is -0.560. The van der Waals surface area contributed by atoms with E-state index < -0.39 is 6.10 Å². The highest BCUT2D eigenvalue weighted by molar-refractivity contribution is 4.83. The van der Waals surface area contributed by atoms with Crippen molar-refractivity contribution in [2.45, 2.75) is 6.10 Å². The summed E-state index contributed by atoms with van der Waals surface area (Å²) in [5, 5.41) is 16.8. The van der Waals surface area contributed by atoms with Gasteiger partial charge in [-0.05, 0) is 0 Å². The van der Waals surface area contributed by atoms with E-state index in [0.717, 1.165) is 0 Å². The molecule has 0 spiro atoms. The fourth-order valence-corrected chi connectivity index (χ4v) is 0.329. The summed E-state index contributed by atoms with van der Waals surface area (Å²) in [6.07, 6.45) is 4.32. The average molecular weight is 130 g/mol. The summed E-state index contributed by atoms with van der Waals surface area (Å²) < 4.78 is 4.75. The molecule has 0 unspecified atom stereocenters. The number of hydrogen-bond donors (Lipinski definition) is 2. The maximum absolute atomic E-state index is 8.40. The Kier molecular flexibility index (Phi) is 5.23. The SMILES string of the molecule is C#CCOC(CO)CO. The summed E-state index contributed by atoms with van der Waals surface area (Å²) in [5.74, 6) is 2.22. The summed E-state index contributed by atoms with van der Waals surface area (Å²) in [5.41, 5.74) is 0. The highest BCUT2D eigenvalue weighted by Gasteiger charge is 2.02. The van der Waals surface area contributed by atoms with Crippen molar-refractivity contribution in [1.29, 1.82) is 0 Å². The molecule has 0 atom stereocenters. The van der Waals surface area contributed by atoms with Crippen molar-refractivity contribution in [3.63, 3.8) is 0 Å². The van der Waals surface area contributed by atoms with E-state index in [1.165, 1.54) is 0 Å². The summed E-state index contributed by atoms with van der Waals surface area (Å²) in [6.45, 7) is -0.262. The van der Waals surface area contributed by atoms with Gasteiger partial charge in [0.1, 0.15) is 12.7 Å². The molecule has 0 aliphatic heterocycles. The van der Waals surface area contributed by atoms with Crippen LogP contribution in [0.25, 0.3) is 0 Å². The molecule has 0 aromatic rings. The lowest BCUT2D eigenvalue weighted by Gasteiger charge is -2.08. The van der Waals surface area contributed by atoms with E-state index in [4.69, 9.17) is 21.4 Å². The lowest BCUT2D eigenvalue weighted by atomic mass is 10.4. The Morgan fingerprint density at radius 2 is 2.00 bits per heavy atom. The van der Waals surface area contributed by atoms with E-state index in [-0.39, 0.29) is 19.8 Å². The summed E-state index contributed by atoms with van der Waals surface area (Å²) in [6, 6.07) is 0. The minimum absolute atomic E-state index is 0.131. The molecule has 0 bridgehead atoms. The second kappa shape index (κ2) is 5.57. The van der Waals surface area contributed by atoms with Crippen LogP contribution in [0.3, 0.4) is 0 Å². The van der Waals surface area contributed by atoms with Crippen LogP contribution in [-0.2, 0) is 4.74 Å². The average Bonchev–Trinajstić information content (AvgIpc) is 1.91. The van der Waals surface area contributed by atoms with Crippen LogP contribution in [0, 0.1) is 12.3 Å². The predicted molar refractivity (Wildman–Crippen MR) is 32.7 cm³/mol. The predicted octanol–water partition coefficient (Wildman–Crippen LogP) is -1.01. The monoisotopic (exact) mass is 130 g/mol. The molecule has 0 heterocycles. The second-order valence-corrected chi connectivity index (χ2v) is 1.50. The van der Waals surface area contributed by atoms with Crippen LogP contribution in [0.2, 0.25) is 0 Å². The minimum atomic E-state index is -0.527. The normalized spacial score (nSPS) is 9.56. The standard InChI is InChI=1S/C6H10O3/c1-2-3-9-6(4-7)5-8/h1,6-8H,3-5H2. The molecular weight excluding hydrogens is 120 g/mol. The molecule has 0 radical (unpaired) electrons. The minimum Gasteiger partial charge on any atom is -0.394 e. The van der Waals surface area contributed by atoms with Crippen molar-refractivity contribution >= 4 is 0 Å². The Labute approximate surface area is 54.3 Å². The third kappa shape index (κ3) is 3.98. The van der Waals surface area contributed by atoms with E-state index in [1.807, 2.05) is 0 Å². The van der Waals surface area contributed by atoms with E-state index in [9.17, 15) is 0 Å². The molecule has 52 valence electrons. The van der Waals surface area contributed by atoms with Gasteiger partial charge in [-0.1, -0.05) is 5.92 Å². The highest BCUT2D eigenvalue weighted by Crippen LogP contribution is 1.86. The topological polar surface area (TPSA) is 49.7 Å². The van der Waals surface area contributed by atoms with Crippen molar-refractivity contribution in [3.8, 4) is 12.3 Å². The zero-order valence-electron chi connectivity index (χ0n) is 5.08. The molecule has 0 aromatic carbocycles. The quantitative estimate of drug-likeness (QED) is 0.479. The maximum Gasteiger partial charge on any atom is 0.108 e. The lowest BCUT2D eigenvalue weighted by Crippen LogP contribution is -2.21. The van der Waals surface area contributed by atoms with E-state index in [0.29, 0.717) is 0 Å². The molecule has 9 heavy (non-hydrogen) atoms. The number of aliphatic hydroxyl groups is 2. The van der Waals surface area contributed by atoms with Crippen LogP contribution >= 0.6 is 0 Å². The van der Waals surface area contributed by atoms with Gasteiger partial charge >= 0.3 is 0 Å². The van der Waals surface area contributed by atoms with Gasteiger partial charge in [0.05, 0.1) is 13.2 Å². The number of rotatable bonds is 4. The van der Waals surface area contributed by atoms with Crippen LogP contribution in [0.15, 0.2) is 0 Å². The van der Waals surface area contributed by atoms with E-state index in [1.54, 1.807) is 0 Å². The molecule has 0 aliphatic carbocycles. The highest BCUT2D eigenvalue weighted by atomic mass is 16.5. The Balaban J connectivity index is 3.22. The third-order valence-electron chi connectivity index (χ3n) is 0.810. The molecule has 0 aliphatic rings. The first-order valence-corrected chi connectivity index (χ1v) is 2.62. The fourth-order valence-electron chi connectivity index (χ4n) is 0.329. The number of hydrogen-bond acceptors (Lipinski definition) is 3. The molecule has 0 saturated heterocycles. The maximum atomic E-state index is 8.40. The summed E-state index contributed by atoms with van der Waals surface area (Å²) in [4.78, 5) is 0. The molecule has 2 N–H and O–H groups in total. The fraction of sp³-hybridized carbons (Fsp3) is 0.667. The Morgan fingerprint density at radius 1 is 1.44 bits per heavy atom. The molecule has 0 fully saturated rings. The molecule has 0 saturated carbocycles. The van der Waals surface area contributed by atoms with Gasteiger partial charge in [-0.2, -0.15) is 0 Å². The summed E-state index contributed by atoms with van der Waals surface area (Å²) in [7, 11) is 0. The first-order valence-electron chi connectivity index (χ1n) is 2.62. The zero-order chi connectivity index (χ0) is 7.11. The van der Waals surface area contributed by atoms with Gasteiger partial charge in [-0.15, -0.1) is 6.42 Å².